The van der Waals surface area contributed by atoms with Crippen LogP contribution in [0.4, 0.5) is 4.39 Å². The fourth-order valence-electron chi connectivity index (χ4n) is 2.63. The Morgan fingerprint density at radius 1 is 1.00 bits per heavy atom. The van der Waals surface area contributed by atoms with Crippen molar-refractivity contribution in [1.29, 1.82) is 0 Å². The highest BCUT2D eigenvalue weighted by atomic mass is 32.2. The molecule has 136 valence electrons. The first-order valence-electron chi connectivity index (χ1n) is 8.28. The number of nitrogens with one attached hydrogen (secondary N) is 1. The molecule has 1 unspecified atom stereocenters. The minimum atomic E-state index is -3.50. The summed E-state index contributed by atoms with van der Waals surface area (Å²) < 4.78 is 40.2. The van der Waals surface area contributed by atoms with Crippen LogP contribution < -0.4 is 4.72 Å². The standard InChI is InChI=1S/C19H25FN2O2S/c1-4-15-5-9-17(10-6-15)19(22(2)3)13-21-25(23,24)14-16-7-11-18(20)12-8-16/h5-12,19,21H,4,13-14H2,1-3H3. The van der Waals surface area contributed by atoms with Crippen LogP contribution in [0.2, 0.25) is 0 Å². The second kappa shape index (κ2) is 8.56. The van der Waals surface area contributed by atoms with E-state index in [1.807, 2.05) is 31.1 Å². The molecule has 6 heteroatoms. The summed E-state index contributed by atoms with van der Waals surface area (Å²) in [6.07, 6.45) is 0.969. The molecule has 1 atom stereocenters. The van der Waals surface area contributed by atoms with Gasteiger partial charge in [0.25, 0.3) is 0 Å². The molecule has 2 rings (SSSR count). The largest absolute Gasteiger partial charge is 0.301 e. The van der Waals surface area contributed by atoms with Gasteiger partial charge in [-0.15, -0.1) is 0 Å². The summed E-state index contributed by atoms with van der Waals surface area (Å²) in [5.74, 6) is -0.542. The first-order chi connectivity index (χ1) is 11.8. The van der Waals surface area contributed by atoms with Gasteiger partial charge in [-0.25, -0.2) is 17.5 Å². The summed E-state index contributed by atoms with van der Waals surface area (Å²) in [5, 5.41) is 0. The average molecular weight is 364 g/mol. The van der Waals surface area contributed by atoms with E-state index in [2.05, 4.69) is 23.8 Å². The number of hydrogen-bond acceptors (Lipinski definition) is 3. The van der Waals surface area contributed by atoms with Crippen molar-refractivity contribution in [3.63, 3.8) is 0 Å². The smallest absolute Gasteiger partial charge is 0.215 e. The minimum Gasteiger partial charge on any atom is -0.301 e. The Balaban J connectivity index is 2.05. The Labute approximate surface area is 149 Å². The van der Waals surface area contributed by atoms with Crippen molar-refractivity contribution in [2.45, 2.75) is 25.1 Å². The predicted molar refractivity (Wildman–Crippen MR) is 99.3 cm³/mol. The van der Waals surface area contributed by atoms with Crippen LogP contribution in [0.3, 0.4) is 0 Å². The molecule has 0 aliphatic rings. The van der Waals surface area contributed by atoms with Crippen molar-refractivity contribution < 1.29 is 12.8 Å². The second-order valence-electron chi connectivity index (χ2n) is 6.31. The quantitative estimate of drug-likeness (QED) is 0.783. The highest BCUT2D eigenvalue weighted by Gasteiger charge is 2.18. The van der Waals surface area contributed by atoms with Gasteiger partial charge in [0.1, 0.15) is 5.82 Å². The molecular weight excluding hydrogens is 339 g/mol. The fourth-order valence-corrected chi connectivity index (χ4v) is 3.78. The van der Waals surface area contributed by atoms with E-state index in [0.29, 0.717) is 5.56 Å². The molecule has 0 aliphatic heterocycles. The monoisotopic (exact) mass is 364 g/mol. The second-order valence-corrected chi connectivity index (χ2v) is 8.12. The van der Waals surface area contributed by atoms with Crippen molar-refractivity contribution in [2.75, 3.05) is 20.6 Å². The molecule has 0 aliphatic carbocycles. The molecule has 0 amide bonds. The van der Waals surface area contributed by atoms with Crippen molar-refractivity contribution in [3.05, 3.63) is 71.0 Å². The Bertz CT molecular complexity index is 772. The SMILES string of the molecule is CCc1ccc(C(CNS(=O)(=O)Cc2ccc(F)cc2)N(C)C)cc1. The van der Waals surface area contributed by atoms with E-state index in [9.17, 15) is 12.8 Å². The Kier molecular flexibility index (Phi) is 6.70. The van der Waals surface area contributed by atoms with E-state index in [-0.39, 0.29) is 24.2 Å². The molecule has 0 aromatic heterocycles. The topological polar surface area (TPSA) is 49.4 Å². The Morgan fingerprint density at radius 2 is 1.56 bits per heavy atom. The summed E-state index contributed by atoms with van der Waals surface area (Å²) >= 11 is 0. The lowest BCUT2D eigenvalue weighted by Gasteiger charge is -2.25. The van der Waals surface area contributed by atoms with E-state index in [0.717, 1.165) is 12.0 Å². The number of likely N-dealkylation sites (N-methyl/N-ethyl adjacent to an activating group) is 1. The van der Waals surface area contributed by atoms with Gasteiger partial charge in [-0.1, -0.05) is 43.3 Å². The number of nitrogens with zero attached hydrogens (tertiary/aromatic N) is 1. The molecule has 1 N–H and O–H groups in total. The van der Waals surface area contributed by atoms with Crippen molar-refractivity contribution in [1.82, 2.24) is 9.62 Å². The fraction of sp³-hybridized carbons (Fsp3) is 0.368. The Morgan fingerprint density at radius 3 is 2.08 bits per heavy atom. The summed E-state index contributed by atoms with van der Waals surface area (Å²) in [4.78, 5) is 1.99. The maximum Gasteiger partial charge on any atom is 0.215 e. The molecule has 2 aromatic rings. The number of halogens is 1. The zero-order chi connectivity index (χ0) is 18.4. The molecule has 2 aromatic carbocycles. The van der Waals surface area contributed by atoms with Gasteiger partial charge in [-0.2, -0.15) is 0 Å². The number of hydrogen-bond donors (Lipinski definition) is 1. The first-order valence-corrected chi connectivity index (χ1v) is 9.93. The number of sulfonamides is 1. The van der Waals surface area contributed by atoms with Crippen molar-refractivity contribution >= 4 is 10.0 Å². The summed E-state index contributed by atoms with van der Waals surface area (Å²) in [6.45, 7) is 2.38. The average Bonchev–Trinajstić information content (AvgIpc) is 2.57. The summed E-state index contributed by atoms with van der Waals surface area (Å²) in [7, 11) is 0.351. The lowest BCUT2D eigenvalue weighted by atomic mass is 10.0. The Hall–Kier alpha value is -1.76. The van der Waals surface area contributed by atoms with Gasteiger partial charge >= 0.3 is 0 Å². The van der Waals surface area contributed by atoms with E-state index in [1.54, 1.807) is 0 Å². The van der Waals surface area contributed by atoms with Gasteiger partial charge in [-0.05, 0) is 49.3 Å². The predicted octanol–water partition coefficient (Wildman–Crippen LogP) is 3.11. The molecule has 0 saturated carbocycles. The maximum atomic E-state index is 12.9. The van der Waals surface area contributed by atoms with Gasteiger partial charge in [0.05, 0.1) is 5.75 Å². The molecule has 0 saturated heterocycles. The molecule has 0 bridgehead atoms. The molecule has 0 fully saturated rings. The summed E-state index contributed by atoms with van der Waals surface area (Å²) in [5.41, 5.74) is 2.87. The third-order valence-corrected chi connectivity index (χ3v) is 5.48. The molecule has 0 radical (unpaired) electrons. The normalized spacial score (nSPS) is 13.2. The number of benzene rings is 2. The highest BCUT2D eigenvalue weighted by molar-refractivity contribution is 7.88. The van der Waals surface area contributed by atoms with Gasteiger partial charge in [-0.3, -0.25) is 0 Å². The van der Waals surface area contributed by atoms with E-state index in [1.165, 1.54) is 29.8 Å². The van der Waals surface area contributed by atoms with Crippen molar-refractivity contribution in [2.24, 2.45) is 0 Å². The number of rotatable bonds is 8. The maximum absolute atomic E-state index is 12.9. The van der Waals surface area contributed by atoms with Crippen LogP contribution in [-0.2, 0) is 22.2 Å². The highest BCUT2D eigenvalue weighted by Crippen LogP contribution is 2.19. The lowest BCUT2D eigenvalue weighted by Crippen LogP contribution is -2.35. The minimum absolute atomic E-state index is 0.0612. The third kappa shape index (κ3) is 5.92. The van der Waals surface area contributed by atoms with Gasteiger partial charge in [0.15, 0.2) is 0 Å². The van der Waals surface area contributed by atoms with E-state index in [4.69, 9.17) is 0 Å². The zero-order valence-corrected chi connectivity index (χ0v) is 15.7. The molecule has 4 nitrogen and oxygen atoms in total. The zero-order valence-electron chi connectivity index (χ0n) is 14.9. The van der Waals surface area contributed by atoms with E-state index >= 15 is 0 Å². The van der Waals surface area contributed by atoms with Crippen molar-refractivity contribution in [3.8, 4) is 0 Å². The van der Waals surface area contributed by atoms with Gasteiger partial charge in [0.2, 0.25) is 10.0 Å². The van der Waals surface area contributed by atoms with Crippen LogP contribution in [0.1, 0.15) is 29.7 Å². The molecular formula is C19H25FN2O2S. The van der Waals surface area contributed by atoms with Crippen LogP contribution in [0.15, 0.2) is 48.5 Å². The van der Waals surface area contributed by atoms with Crippen LogP contribution >= 0.6 is 0 Å². The first kappa shape index (κ1) is 19.6. The number of aryl methyl sites for hydroxylation is 1. The summed E-state index contributed by atoms with van der Waals surface area (Å²) in [6, 6.07) is 13.7. The van der Waals surface area contributed by atoms with Crippen LogP contribution in [0.5, 0.6) is 0 Å². The van der Waals surface area contributed by atoms with Gasteiger partial charge < -0.3 is 4.90 Å². The van der Waals surface area contributed by atoms with Crippen LogP contribution in [0.25, 0.3) is 0 Å². The lowest BCUT2D eigenvalue weighted by molar-refractivity contribution is 0.299. The van der Waals surface area contributed by atoms with Crippen LogP contribution in [-0.4, -0.2) is 34.0 Å². The molecule has 0 heterocycles. The van der Waals surface area contributed by atoms with Gasteiger partial charge in [0, 0.05) is 12.6 Å². The molecule has 0 spiro atoms. The molecule has 25 heavy (non-hydrogen) atoms. The third-order valence-electron chi connectivity index (χ3n) is 4.16. The van der Waals surface area contributed by atoms with Crippen LogP contribution in [0, 0.1) is 5.82 Å². The van der Waals surface area contributed by atoms with E-state index < -0.39 is 10.0 Å².